The summed E-state index contributed by atoms with van der Waals surface area (Å²) in [6.45, 7) is 1.27. The van der Waals surface area contributed by atoms with Gasteiger partial charge in [0.25, 0.3) is 0 Å². The van der Waals surface area contributed by atoms with Gasteiger partial charge in [0.1, 0.15) is 24.0 Å². The van der Waals surface area contributed by atoms with E-state index >= 15 is 0 Å². The van der Waals surface area contributed by atoms with Crippen LogP contribution in [0.2, 0.25) is 0 Å². The SMILES string of the molecule is FC(F)(F)c1ccnc(N[C@@H]2CO[C@H](COCc3ccccc3)[C@H](OCc3ccccc3)[C@@H]2OCc2ccccc2)n1. The molecule has 1 saturated heterocycles. The summed E-state index contributed by atoms with van der Waals surface area (Å²) in [6.07, 6.45) is -5.29. The van der Waals surface area contributed by atoms with E-state index in [4.69, 9.17) is 18.9 Å². The van der Waals surface area contributed by atoms with Crippen molar-refractivity contribution in [3.05, 3.63) is 126 Å². The minimum absolute atomic E-state index is 0.115. The standard InChI is InChI=1S/C32H32F3N3O4/c33-32(34,35)28-16-17-36-31(38-28)37-26-21-40-27(22-39-18-23-10-4-1-5-11-23)30(42-20-25-14-8-3-9-15-25)29(26)41-19-24-12-6-2-7-13-24/h1-17,26-27,29-30H,18-22H2,(H,36,37,38)/t26-,27-,29-,30+/m1/s1. The molecule has 1 fully saturated rings. The van der Waals surface area contributed by atoms with Gasteiger partial charge < -0.3 is 24.3 Å². The molecule has 0 radical (unpaired) electrons. The molecule has 1 aliphatic rings. The summed E-state index contributed by atoms with van der Waals surface area (Å²) in [5, 5.41) is 3.02. The summed E-state index contributed by atoms with van der Waals surface area (Å²) in [5.74, 6) is -0.174. The molecular weight excluding hydrogens is 547 g/mol. The Bertz CT molecular complexity index is 1360. The van der Waals surface area contributed by atoms with Crippen molar-refractivity contribution in [3.63, 3.8) is 0 Å². The molecule has 5 rings (SSSR count). The highest BCUT2D eigenvalue weighted by atomic mass is 19.4. The zero-order valence-electron chi connectivity index (χ0n) is 22.8. The Kier molecular flexibility index (Phi) is 10.1. The maximum atomic E-state index is 13.3. The lowest BCUT2D eigenvalue weighted by Crippen LogP contribution is -2.59. The second kappa shape index (κ2) is 14.4. The van der Waals surface area contributed by atoms with E-state index < -0.39 is 36.2 Å². The topological polar surface area (TPSA) is 74.7 Å². The molecule has 10 heteroatoms. The third-order valence-corrected chi connectivity index (χ3v) is 6.80. The van der Waals surface area contributed by atoms with Crippen molar-refractivity contribution >= 4 is 5.95 Å². The van der Waals surface area contributed by atoms with Crippen molar-refractivity contribution in [2.24, 2.45) is 0 Å². The van der Waals surface area contributed by atoms with Crippen LogP contribution in [-0.4, -0.2) is 47.5 Å². The van der Waals surface area contributed by atoms with Crippen LogP contribution in [0.25, 0.3) is 0 Å². The molecular formula is C32H32F3N3O4. The third-order valence-electron chi connectivity index (χ3n) is 6.80. The monoisotopic (exact) mass is 579 g/mol. The van der Waals surface area contributed by atoms with E-state index in [1.54, 1.807) is 0 Å². The molecule has 42 heavy (non-hydrogen) atoms. The summed E-state index contributed by atoms with van der Waals surface area (Å²) < 4.78 is 65.2. The van der Waals surface area contributed by atoms with Gasteiger partial charge in [-0.2, -0.15) is 13.2 Å². The molecule has 2 heterocycles. The highest BCUT2D eigenvalue weighted by molar-refractivity contribution is 5.29. The second-order valence-electron chi connectivity index (χ2n) is 9.91. The van der Waals surface area contributed by atoms with Crippen LogP contribution in [0.5, 0.6) is 0 Å². The molecule has 220 valence electrons. The average Bonchev–Trinajstić information content (AvgIpc) is 3.01. The van der Waals surface area contributed by atoms with Crippen LogP contribution in [0.1, 0.15) is 22.4 Å². The number of benzene rings is 3. The Labute approximate surface area is 242 Å². The first-order valence-corrected chi connectivity index (χ1v) is 13.7. The Morgan fingerprint density at radius 3 is 1.86 bits per heavy atom. The van der Waals surface area contributed by atoms with E-state index in [1.807, 2.05) is 91.0 Å². The van der Waals surface area contributed by atoms with Crippen molar-refractivity contribution in [1.82, 2.24) is 9.97 Å². The normalized spacial score (nSPS) is 20.7. The van der Waals surface area contributed by atoms with Gasteiger partial charge in [-0.15, -0.1) is 0 Å². The zero-order chi connectivity index (χ0) is 29.2. The van der Waals surface area contributed by atoms with Crippen LogP contribution >= 0.6 is 0 Å². The van der Waals surface area contributed by atoms with Crippen molar-refractivity contribution in [2.45, 2.75) is 50.4 Å². The number of nitrogens with zero attached hydrogens (tertiary/aromatic N) is 2. The summed E-state index contributed by atoms with van der Waals surface area (Å²) in [6, 6.07) is 29.3. The van der Waals surface area contributed by atoms with Crippen LogP contribution in [0.4, 0.5) is 19.1 Å². The Hall–Kier alpha value is -3.83. The van der Waals surface area contributed by atoms with Crippen LogP contribution in [0, 0.1) is 0 Å². The molecule has 1 aromatic heterocycles. The van der Waals surface area contributed by atoms with Gasteiger partial charge in [0.05, 0.1) is 39.1 Å². The fraction of sp³-hybridized carbons (Fsp3) is 0.312. The van der Waals surface area contributed by atoms with E-state index in [0.717, 1.165) is 29.0 Å². The first-order chi connectivity index (χ1) is 20.5. The molecule has 0 spiro atoms. The minimum atomic E-state index is -4.60. The smallest absolute Gasteiger partial charge is 0.374 e. The lowest BCUT2D eigenvalue weighted by Gasteiger charge is -2.42. The molecule has 0 unspecified atom stereocenters. The molecule has 7 nitrogen and oxygen atoms in total. The van der Waals surface area contributed by atoms with Gasteiger partial charge in [0.15, 0.2) is 0 Å². The van der Waals surface area contributed by atoms with Crippen molar-refractivity contribution < 1.29 is 32.1 Å². The fourth-order valence-corrected chi connectivity index (χ4v) is 4.69. The second-order valence-corrected chi connectivity index (χ2v) is 9.91. The number of alkyl halides is 3. The first kappa shape index (κ1) is 29.7. The van der Waals surface area contributed by atoms with E-state index in [-0.39, 0.29) is 32.4 Å². The quantitative estimate of drug-likeness (QED) is 0.219. The van der Waals surface area contributed by atoms with Gasteiger partial charge in [-0.05, 0) is 22.8 Å². The average molecular weight is 580 g/mol. The maximum absolute atomic E-state index is 13.3. The van der Waals surface area contributed by atoms with Gasteiger partial charge in [-0.25, -0.2) is 9.97 Å². The van der Waals surface area contributed by atoms with Crippen molar-refractivity contribution in [3.8, 4) is 0 Å². The van der Waals surface area contributed by atoms with Crippen LogP contribution in [0.3, 0.4) is 0 Å². The maximum Gasteiger partial charge on any atom is 0.433 e. The lowest BCUT2D eigenvalue weighted by atomic mass is 9.97. The van der Waals surface area contributed by atoms with E-state index in [2.05, 4.69) is 15.3 Å². The first-order valence-electron chi connectivity index (χ1n) is 13.7. The summed E-state index contributed by atoms with van der Waals surface area (Å²) >= 11 is 0. The zero-order valence-corrected chi connectivity index (χ0v) is 22.8. The molecule has 4 atom stereocenters. The van der Waals surface area contributed by atoms with Gasteiger partial charge in [0, 0.05) is 6.20 Å². The Morgan fingerprint density at radius 1 is 0.738 bits per heavy atom. The number of halogens is 3. The van der Waals surface area contributed by atoms with Crippen LogP contribution < -0.4 is 5.32 Å². The molecule has 0 bridgehead atoms. The molecule has 1 aliphatic heterocycles. The third kappa shape index (κ3) is 8.36. The van der Waals surface area contributed by atoms with Crippen molar-refractivity contribution in [1.29, 1.82) is 0 Å². The Morgan fingerprint density at radius 2 is 1.29 bits per heavy atom. The summed E-state index contributed by atoms with van der Waals surface area (Å²) in [4.78, 5) is 7.71. The lowest BCUT2D eigenvalue weighted by molar-refractivity contribution is -0.201. The number of rotatable bonds is 12. The number of anilines is 1. The summed E-state index contributed by atoms with van der Waals surface area (Å²) in [5.41, 5.74) is 1.88. The number of aromatic nitrogens is 2. The van der Waals surface area contributed by atoms with Gasteiger partial charge >= 0.3 is 6.18 Å². The van der Waals surface area contributed by atoms with Crippen LogP contribution in [-0.2, 0) is 44.9 Å². The van der Waals surface area contributed by atoms with Crippen molar-refractivity contribution in [2.75, 3.05) is 18.5 Å². The van der Waals surface area contributed by atoms with Gasteiger partial charge in [-0.3, -0.25) is 0 Å². The minimum Gasteiger partial charge on any atom is -0.374 e. The number of hydrogen-bond acceptors (Lipinski definition) is 7. The van der Waals surface area contributed by atoms with Gasteiger partial charge in [-0.1, -0.05) is 91.0 Å². The van der Waals surface area contributed by atoms with Crippen LogP contribution in [0.15, 0.2) is 103 Å². The highest BCUT2D eigenvalue weighted by Gasteiger charge is 2.43. The predicted molar refractivity (Wildman–Crippen MR) is 150 cm³/mol. The number of hydrogen-bond donors (Lipinski definition) is 1. The molecule has 3 aromatic carbocycles. The molecule has 0 saturated carbocycles. The highest BCUT2D eigenvalue weighted by Crippen LogP contribution is 2.29. The number of ether oxygens (including phenoxy) is 4. The fourth-order valence-electron chi connectivity index (χ4n) is 4.69. The summed E-state index contributed by atoms with van der Waals surface area (Å²) in [7, 11) is 0. The van der Waals surface area contributed by atoms with E-state index in [1.165, 1.54) is 0 Å². The van der Waals surface area contributed by atoms with E-state index in [9.17, 15) is 13.2 Å². The Balaban J connectivity index is 1.38. The van der Waals surface area contributed by atoms with Gasteiger partial charge in [0.2, 0.25) is 5.95 Å². The van der Waals surface area contributed by atoms with E-state index in [0.29, 0.717) is 6.61 Å². The molecule has 4 aromatic rings. The largest absolute Gasteiger partial charge is 0.433 e. The predicted octanol–water partition coefficient (Wildman–Crippen LogP) is 6.06. The number of nitrogens with one attached hydrogen (secondary N) is 1. The molecule has 1 N–H and O–H groups in total. The molecule has 0 aliphatic carbocycles. The molecule has 0 amide bonds.